The van der Waals surface area contributed by atoms with Crippen LogP contribution in [0.4, 0.5) is 0 Å². The van der Waals surface area contributed by atoms with Crippen LogP contribution in [0.3, 0.4) is 0 Å². The van der Waals surface area contributed by atoms with E-state index in [9.17, 15) is 4.79 Å². The summed E-state index contributed by atoms with van der Waals surface area (Å²) in [5.74, 6) is 2.00. The second-order valence-corrected chi connectivity index (χ2v) is 8.05. The SMILES string of the molecule is CCC1CN(C(=NCC(=O)N(C)C)NCC2CCCCO2)CCS1. The highest BCUT2D eigenvalue weighted by molar-refractivity contribution is 8.00. The largest absolute Gasteiger partial charge is 0.376 e. The van der Waals surface area contributed by atoms with Gasteiger partial charge in [0, 0.05) is 51.3 Å². The van der Waals surface area contributed by atoms with Crippen LogP contribution in [0.2, 0.25) is 0 Å². The standard InChI is InChI=1S/C17H32N4O2S/c1-4-15-13-21(8-10-24-15)17(19-12-16(22)20(2)3)18-11-14-7-5-6-9-23-14/h14-15H,4-13H2,1-3H3,(H,18,19). The third-order valence-corrected chi connectivity index (χ3v) is 5.89. The molecule has 0 aliphatic carbocycles. The van der Waals surface area contributed by atoms with Crippen LogP contribution >= 0.6 is 11.8 Å². The lowest BCUT2D eigenvalue weighted by Gasteiger charge is -2.35. The molecular weight excluding hydrogens is 324 g/mol. The topological polar surface area (TPSA) is 57.2 Å². The van der Waals surface area contributed by atoms with E-state index in [1.54, 1.807) is 19.0 Å². The van der Waals surface area contributed by atoms with Gasteiger partial charge in [0.25, 0.3) is 0 Å². The Labute approximate surface area is 150 Å². The van der Waals surface area contributed by atoms with Crippen LogP contribution in [0, 0.1) is 0 Å². The van der Waals surface area contributed by atoms with Crippen molar-refractivity contribution in [1.29, 1.82) is 0 Å². The number of hydrogen-bond donors (Lipinski definition) is 1. The molecule has 2 heterocycles. The molecule has 2 aliphatic heterocycles. The molecular formula is C17H32N4O2S. The first-order valence-corrected chi connectivity index (χ1v) is 10.1. The summed E-state index contributed by atoms with van der Waals surface area (Å²) in [5.41, 5.74) is 0. The fourth-order valence-corrected chi connectivity index (χ4v) is 4.06. The van der Waals surface area contributed by atoms with Crippen molar-refractivity contribution in [3.63, 3.8) is 0 Å². The summed E-state index contributed by atoms with van der Waals surface area (Å²) in [5, 5.41) is 4.11. The molecule has 2 saturated heterocycles. The Hall–Kier alpha value is -0.950. The van der Waals surface area contributed by atoms with Crippen molar-refractivity contribution in [3.05, 3.63) is 0 Å². The molecule has 0 radical (unpaired) electrons. The van der Waals surface area contributed by atoms with Crippen LogP contribution in [0.5, 0.6) is 0 Å². The number of ether oxygens (including phenoxy) is 1. The summed E-state index contributed by atoms with van der Waals surface area (Å²) < 4.78 is 5.81. The Bertz CT molecular complexity index is 425. The predicted molar refractivity (Wildman–Crippen MR) is 101 cm³/mol. The van der Waals surface area contributed by atoms with E-state index in [2.05, 4.69) is 22.1 Å². The van der Waals surface area contributed by atoms with E-state index in [-0.39, 0.29) is 18.6 Å². The average Bonchev–Trinajstić information content (AvgIpc) is 2.62. The highest BCUT2D eigenvalue weighted by Crippen LogP contribution is 2.21. The first kappa shape index (κ1) is 19.4. The lowest BCUT2D eigenvalue weighted by atomic mass is 10.1. The molecule has 2 atom stereocenters. The van der Waals surface area contributed by atoms with Gasteiger partial charge in [0.2, 0.25) is 5.91 Å². The molecule has 0 aromatic rings. The van der Waals surface area contributed by atoms with E-state index in [4.69, 9.17) is 4.74 Å². The van der Waals surface area contributed by atoms with Crippen molar-refractivity contribution < 1.29 is 9.53 Å². The molecule has 0 aromatic heterocycles. The third-order valence-electron chi connectivity index (χ3n) is 4.52. The number of guanidine groups is 1. The van der Waals surface area contributed by atoms with Crippen molar-refractivity contribution in [2.24, 2.45) is 4.99 Å². The van der Waals surface area contributed by atoms with Crippen LogP contribution in [0.25, 0.3) is 0 Å². The maximum Gasteiger partial charge on any atom is 0.243 e. The molecule has 2 fully saturated rings. The van der Waals surface area contributed by atoms with E-state index < -0.39 is 0 Å². The molecule has 24 heavy (non-hydrogen) atoms. The van der Waals surface area contributed by atoms with E-state index in [0.717, 1.165) is 57.2 Å². The minimum absolute atomic E-state index is 0.0293. The molecule has 0 aromatic carbocycles. The zero-order chi connectivity index (χ0) is 17.4. The van der Waals surface area contributed by atoms with E-state index in [0.29, 0.717) is 5.25 Å². The first-order valence-electron chi connectivity index (χ1n) is 9.06. The Kier molecular flexibility index (Phi) is 8.18. The molecule has 0 spiro atoms. The van der Waals surface area contributed by atoms with Gasteiger partial charge in [-0.1, -0.05) is 6.92 Å². The van der Waals surface area contributed by atoms with Gasteiger partial charge in [-0.05, 0) is 25.7 Å². The van der Waals surface area contributed by atoms with Gasteiger partial charge in [0.1, 0.15) is 6.54 Å². The molecule has 7 heteroatoms. The van der Waals surface area contributed by atoms with Crippen molar-refractivity contribution in [2.45, 2.75) is 44.0 Å². The second-order valence-electron chi connectivity index (χ2n) is 6.64. The highest BCUT2D eigenvalue weighted by atomic mass is 32.2. The molecule has 1 N–H and O–H groups in total. The van der Waals surface area contributed by atoms with Crippen molar-refractivity contribution in [3.8, 4) is 0 Å². The van der Waals surface area contributed by atoms with Gasteiger partial charge in [-0.25, -0.2) is 4.99 Å². The summed E-state index contributed by atoms with van der Waals surface area (Å²) in [4.78, 5) is 20.4. The second kappa shape index (κ2) is 10.1. The van der Waals surface area contributed by atoms with Gasteiger partial charge in [-0.2, -0.15) is 11.8 Å². The fourth-order valence-electron chi connectivity index (χ4n) is 2.88. The number of hydrogen-bond acceptors (Lipinski definition) is 4. The van der Waals surface area contributed by atoms with Crippen LogP contribution in [0.15, 0.2) is 4.99 Å². The predicted octanol–water partition coefficient (Wildman–Crippen LogP) is 1.42. The fraction of sp³-hybridized carbons (Fsp3) is 0.882. The van der Waals surface area contributed by atoms with E-state index in [1.165, 1.54) is 6.42 Å². The van der Waals surface area contributed by atoms with Crippen LogP contribution < -0.4 is 5.32 Å². The van der Waals surface area contributed by atoms with Crippen molar-refractivity contribution in [1.82, 2.24) is 15.1 Å². The molecule has 1 amide bonds. The van der Waals surface area contributed by atoms with Gasteiger partial charge in [0.15, 0.2) is 5.96 Å². The summed E-state index contributed by atoms with van der Waals surface area (Å²) >= 11 is 2.04. The summed E-state index contributed by atoms with van der Waals surface area (Å²) in [6, 6.07) is 0. The van der Waals surface area contributed by atoms with Gasteiger partial charge in [-0.15, -0.1) is 0 Å². The van der Waals surface area contributed by atoms with Crippen LogP contribution in [-0.2, 0) is 9.53 Å². The minimum Gasteiger partial charge on any atom is -0.376 e. The van der Waals surface area contributed by atoms with Gasteiger partial charge < -0.3 is 19.9 Å². The summed E-state index contributed by atoms with van der Waals surface area (Å²) in [7, 11) is 3.54. The number of likely N-dealkylation sites (N-methyl/N-ethyl adjacent to an activating group) is 1. The Morgan fingerprint density at radius 1 is 1.42 bits per heavy atom. The molecule has 6 nitrogen and oxygen atoms in total. The molecule has 0 saturated carbocycles. The molecule has 138 valence electrons. The number of nitrogens with zero attached hydrogens (tertiary/aromatic N) is 3. The van der Waals surface area contributed by atoms with E-state index in [1.807, 2.05) is 11.8 Å². The van der Waals surface area contributed by atoms with Gasteiger partial charge in [0.05, 0.1) is 6.10 Å². The van der Waals surface area contributed by atoms with Crippen molar-refractivity contribution in [2.75, 3.05) is 52.6 Å². The maximum atomic E-state index is 11.9. The summed E-state index contributed by atoms with van der Waals surface area (Å²) in [6.45, 7) is 6.03. The van der Waals surface area contributed by atoms with Crippen molar-refractivity contribution >= 4 is 23.6 Å². The highest BCUT2D eigenvalue weighted by Gasteiger charge is 2.23. The monoisotopic (exact) mass is 356 g/mol. The number of thioether (sulfide) groups is 1. The smallest absolute Gasteiger partial charge is 0.243 e. The number of carbonyl (C=O) groups excluding carboxylic acids is 1. The average molecular weight is 357 g/mol. The Morgan fingerprint density at radius 2 is 2.25 bits per heavy atom. The quantitative estimate of drug-likeness (QED) is 0.596. The molecule has 2 unspecified atom stereocenters. The Morgan fingerprint density at radius 3 is 2.92 bits per heavy atom. The Balaban J connectivity index is 1.96. The number of rotatable bonds is 5. The summed E-state index contributed by atoms with van der Waals surface area (Å²) in [6.07, 6.45) is 4.92. The first-order chi connectivity index (χ1) is 11.6. The molecule has 2 rings (SSSR count). The number of aliphatic imine (C=N–C) groups is 1. The lowest BCUT2D eigenvalue weighted by molar-refractivity contribution is -0.127. The van der Waals surface area contributed by atoms with Gasteiger partial charge >= 0.3 is 0 Å². The lowest BCUT2D eigenvalue weighted by Crippen LogP contribution is -2.50. The number of nitrogens with one attached hydrogen (secondary N) is 1. The maximum absolute atomic E-state index is 11.9. The van der Waals surface area contributed by atoms with Crippen LogP contribution in [-0.4, -0.2) is 85.7 Å². The zero-order valence-electron chi connectivity index (χ0n) is 15.3. The third kappa shape index (κ3) is 6.16. The van der Waals surface area contributed by atoms with E-state index >= 15 is 0 Å². The number of carbonyl (C=O) groups is 1. The van der Waals surface area contributed by atoms with Gasteiger partial charge in [-0.3, -0.25) is 4.79 Å². The normalized spacial score (nSPS) is 25.5. The molecule has 0 bridgehead atoms. The molecule has 2 aliphatic rings. The minimum atomic E-state index is 0.0293. The zero-order valence-corrected chi connectivity index (χ0v) is 16.1. The number of amides is 1. The van der Waals surface area contributed by atoms with Crippen LogP contribution in [0.1, 0.15) is 32.6 Å².